The summed E-state index contributed by atoms with van der Waals surface area (Å²) >= 11 is 13.7. The molecule has 0 amide bonds. The van der Waals surface area contributed by atoms with E-state index in [0.29, 0.717) is 26.8 Å². The predicted molar refractivity (Wildman–Crippen MR) is 90.5 cm³/mol. The number of hydrogen-bond donors (Lipinski definition) is 0. The third-order valence-electron chi connectivity index (χ3n) is 3.24. The molecule has 2 nitrogen and oxygen atoms in total. The van der Waals surface area contributed by atoms with Gasteiger partial charge in [-0.15, -0.1) is 11.8 Å². The summed E-state index contributed by atoms with van der Waals surface area (Å²) in [5, 5.41) is 2.19. The van der Waals surface area contributed by atoms with Crippen molar-refractivity contribution < 1.29 is 0 Å². The molecule has 1 aromatic heterocycles. The molecule has 2 rings (SSSR count). The van der Waals surface area contributed by atoms with Crippen LogP contribution < -0.4 is 0 Å². The average Bonchev–Trinajstić information content (AvgIpc) is 2.35. The van der Waals surface area contributed by atoms with Crippen molar-refractivity contribution in [2.24, 2.45) is 0 Å². The van der Waals surface area contributed by atoms with Crippen LogP contribution in [-0.4, -0.2) is 26.2 Å². The summed E-state index contributed by atoms with van der Waals surface area (Å²) in [5.74, 6) is 2.28. The Kier molecular flexibility index (Phi) is 5.49. The van der Waals surface area contributed by atoms with Gasteiger partial charge in [0.2, 0.25) is 0 Å². The molecule has 0 N–H and O–H groups in total. The van der Waals surface area contributed by atoms with Crippen molar-refractivity contribution in [3.63, 3.8) is 0 Å². The van der Waals surface area contributed by atoms with Crippen LogP contribution in [0.15, 0.2) is 4.47 Å². The van der Waals surface area contributed by atoms with Gasteiger partial charge in [-0.25, -0.2) is 9.97 Å². The van der Waals surface area contributed by atoms with Crippen LogP contribution in [0, 0.1) is 0 Å². The summed E-state index contributed by atoms with van der Waals surface area (Å²) in [5.41, 5.74) is 1.01. The summed E-state index contributed by atoms with van der Waals surface area (Å²) in [7, 11) is 0. The minimum atomic E-state index is 0.339. The number of halogens is 2. The highest BCUT2D eigenvalue weighted by Gasteiger charge is 2.29. The maximum Gasteiger partial charge on any atom is 0.147 e. The molecule has 0 radical (unpaired) electrons. The van der Waals surface area contributed by atoms with Gasteiger partial charge >= 0.3 is 0 Å². The van der Waals surface area contributed by atoms with Crippen LogP contribution in [0.25, 0.3) is 0 Å². The number of thioether (sulfide) groups is 2. The minimum Gasteiger partial charge on any atom is -0.235 e. The van der Waals surface area contributed by atoms with Crippen LogP contribution >= 0.6 is 51.1 Å². The van der Waals surface area contributed by atoms with Crippen molar-refractivity contribution in [1.29, 1.82) is 0 Å². The van der Waals surface area contributed by atoms with Gasteiger partial charge in [0.1, 0.15) is 11.0 Å². The Bertz CT molecular complexity index is 470. The van der Waals surface area contributed by atoms with E-state index in [2.05, 4.69) is 48.6 Å². The fourth-order valence-electron chi connectivity index (χ4n) is 1.90. The van der Waals surface area contributed by atoms with Gasteiger partial charge < -0.3 is 0 Å². The van der Waals surface area contributed by atoms with Gasteiger partial charge in [0.15, 0.2) is 0 Å². The summed E-state index contributed by atoms with van der Waals surface area (Å²) in [6, 6.07) is 0. The van der Waals surface area contributed by atoms with E-state index in [0.717, 1.165) is 21.7 Å². The van der Waals surface area contributed by atoms with Crippen LogP contribution in [0.2, 0.25) is 5.15 Å². The van der Waals surface area contributed by atoms with Crippen LogP contribution in [0.4, 0.5) is 0 Å². The lowest BCUT2D eigenvalue weighted by Gasteiger charge is -2.30. The molecule has 0 aromatic carbocycles. The largest absolute Gasteiger partial charge is 0.235 e. The molecule has 19 heavy (non-hydrogen) atoms. The van der Waals surface area contributed by atoms with Crippen molar-refractivity contribution >= 4 is 51.1 Å². The van der Waals surface area contributed by atoms with Crippen molar-refractivity contribution in [2.75, 3.05) is 5.75 Å². The van der Waals surface area contributed by atoms with Crippen molar-refractivity contribution in [3.8, 4) is 0 Å². The molecular weight excluding hydrogens is 364 g/mol. The van der Waals surface area contributed by atoms with E-state index >= 15 is 0 Å². The molecule has 0 bridgehead atoms. The van der Waals surface area contributed by atoms with Gasteiger partial charge in [-0.2, -0.15) is 11.8 Å². The summed E-state index contributed by atoms with van der Waals surface area (Å²) in [6.45, 7) is 8.81. The molecule has 1 aliphatic rings. The number of hydrogen-bond acceptors (Lipinski definition) is 4. The molecular formula is C13H18BrClN2S2. The van der Waals surface area contributed by atoms with Crippen LogP contribution in [0.3, 0.4) is 0 Å². The van der Waals surface area contributed by atoms with Gasteiger partial charge in [-0.3, -0.25) is 0 Å². The lowest BCUT2D eigenvalue weighted by atomic mass is 10.1. The third kappa shape index (κ3) is 3.60. The highest BCUT2D eigenvalue weighted by molar-refractivity contribution is 9.10. The van der Waals surface area contributed by atoms with Crippen molar-refractivity contribution in [2.45, 2.75) is 49.4 Å². The monoisotopic (exact) mass is 380 g/mol. The first-order chi connectivity index (χ1) is 8.90. The van der Waals surface area contributed by atoms with E-state index in [9.17, 15) is 0 Å². The van der Waals surface area contributed by atoms with Crippen LogP contribution in [-0.2, 0) is 0 Å². The second-order valence-corrected chi connectivity index (χ2v) is 9.24. The second-order valence-electron chi connectivity index (χ2n) is 5.09. The minimum absolute atomic E-state index is 0.339. The van der Waals surface area contributed by atoms with Gasteiger partial charge in [0.25, 0.3) is 0 Å². The quantitative estimate of drug-likeness (QED) is 0.648. The van der Waals surface area contributed by atoms with Gasteiger partial charge in [0, 0.05) is 16.3 Å². The average molecular weight is 382 g/mol. The summed E-state index contributed by atoms with van der Waals surface area (Å²) in [6.07, 6.45) is 0. The van der Waals surface area contributed by atoms with Crippen LogP contribution in [0.5, 0.6) is 0 Å². The van der Waals surface area contributed by atoms with E-state index in [4.69, 9.17) is 16.6 Å². The first-order valence-corrected chi connectivity index (χ1v) is 9.56. The summed E-state index contributed by atoms with van der Waals surface area (Å²) < 4.78 is 0.836. The fraction of sp³-hybridized carbons (Fsp3) is 0.692. The first kappa shape index (κ1) is 15.9. The Hall–Kier alpha value is 0.550. The SMILES string of the molecule is CC(C)c1nc(C2CSC(C)C(C)S2)nc(Cl)c1Br. The number of aromatic nitrogens is 2. The molecule has 0 saturated carbocycles. The smallest absolute Gasteiger partial charge is 0.147 e. The third-order valence-corrected chi connectivity index (χ3v) is 7.91. The van der Waals surface area contributed by atoms with E-state index in [1.165, 1.54) is 0 Å². The lowest BCUT2D eigenvalue weighted by Crippen LogP contribution is -2.23. The molecule has 1 aliphatic heterocycles. The van der Waals surface area contributed by atoms with Crippen molar-refractivity contribution in [3.05, 3.63) is 21.1 Å². The number of rotatable bonds is 2. The van der Waals surface area contributed by atoms with E-state index < -0.39 is 0 Å². The molecule has 6 heteroatoms. The fourth-order valence-corrected chi connectivity index (χ4v) is 5.56. The molecule has 1 fully saturated rings. The zero-order chi connectivity index (χ0) is 14.2. The Morgan fingerprint density at radius 3 is 2.53 bits per heavy atom. The predicted octanol–water partition coefficient (Wildman–Crippen LogP) is 5.31. The van der Waals surface area contributed by atoms with Crippen molar-refractivity contribution in [1.82, 2.24) is 9.97 Å². The van der Waals surface area contributed by atoms with Crippen LogP contribution in [0.1, 0.15) is 50.4 Å². The first-order valence-electron chi connectivity index (χ1n) is 6.40. The normalized spacial score (nSPS) is 27.8. The molecule has 3 atom stereocenters. The zero-order valence-electron chi connectivity index (χ0n) is 11.5. The van der Waals surface area contributed by atoms with E-state index in [1.54, 1.807) is 0 Å². The molecule has 106 valence electrons. The lowest BCUT2D eigenvalue weighted by molar-refractivity contribution is 0.771. The highest BCUT2D eigenvalue weighted by atomic mass is 79.9. The molecule has 1 saturated heterocycles. The molecule has 0 spiro atoms. The van der Waals surface area contributed by atoms with Gasteiger partial charge in [-0.05, 0) is 21.8 Å². The Labute approximate surface area is 137 Å². The van der Waals surface area contributed by atoms with E-state index in [1.807, 2.05) is 23.5 Å². The molecule has 0 aliphatic carbocycles. The maximum absolute atomic E-state index is 6.23. The Balaban J connectivity index is 2.30. The Morgan fingerprint density at radius 1 is 1.26 bits per heavy atom. The zero-order valence-corrected chi connectivity index (χ0v) is 15.5. The molecule has 1 aromatic rings. The summed E-state index contributed by atoms with van der Waals surface area (Å²) in [4.78, 5) is 9.21. The highest BCUT2D eigenvalue weighted by Crippen LogP contribution is 2.44. The number of nitrogens with zero attached hydrogens (tertiary/aromatic N) is 2. The maximum atomic E-state index is 6.23. The molecule has 3 unspecified atom stereocenters. The topological polar surface area (TPSA) is 25.8 Å². The van der Waals surface area contributed by atoms with Gasteiger partial charge in [-0.1, -0.05) is 39.3 Å². The second kappa shape index (κ2) is 6.54. The van der Waals surface area contributed by atoms with E-state index in [-0.39, 0.29) is 0 Å². The Morgan fingerprint density at radius 2 is 1.95 bits per heavy atom. The van der Waals surface area contributed by atoms with Gasteiger partial charge in [0.05, 0.1) is 15.4 Å². The standard InChI is InChI=1S/C13H18BrClN2S2/c1-6(2)11-10(14)12(15)17-13(16-11)9-5-18-7(3)8(4)19-9/h6-9H,5H2,1-4H3. The molecule has 2 heterocycles.